The van der Waals surface area contributed by atoms with E-state index in [2.05, 4.69) is 11.9 Å². The minimum atomic E-state index is -0.662. The second-order valence-corrected chi connectivity index (χ2v) is 8.12. The molecule has 156 valence electrons. The standard InChI is InChI=1S/C23H29ClN2O3/c1-18(3-5-19(2)27)4-10-22-15-28-23(29-22,16-26-14-13-25-17-26)12-11-20-6-8-21(24)9-7-20/h3,5-9,13-14,17,22,27H,4,10-12,15-16H2,1-2H3/b18-3+,19-5+/t22-,23-/m1/s1. The molecule has 6 heteroatoms. The van der Waals surface area contributed by atoms with Crippen LogP contribution in [0, 0.1) is 0 Å². The number of aliphatic hydroxyl groups excluding tert-OH is 1. The molecule has 29 heavy (non-hydrogen) atoms. The first kappa shape index (κ1) is 21.6. The molecule has 0 unspecified atom stereocenters. The van der Waals surface area contributed by atoms with Crippen LogP contribution in [0.15, 0.2) is 66.5 Å². The lowest BCUT2D eigenvalue weighted by atomic mass is 10.0. The van der Waals surface area contributed by atoms with Gasteiger partial charge in [-0.2, -0.15) is 0 Å². The van der Waals surface area contributed by atoms with Crippen molar-refractivity contribution in [3.8, 4) is 0 Å². The number of rotatable bonds is 9. The predicted molar refractivity (Wildman–Crippen MR) is 115 cm³/mol. The summed E-state index contributed by atoms with van der Waals surface area (Å²) in [4.78, 5) is 4.14. The van der Waals surface area contributed by atoms with Crippen LogP contribution in [-0.4, -0.2) is 33.2 Å². The fraction of sp³-hybridized carbons (Fsp3) is 0.435. The molecule has 5 nitrogen and oxygen atoms in total. The van der Waals surface area contributed by atoms with Gasteiger partial charge in [0.15, 0.2) is 5.79 Å². The van der Waals surface area contributed by atoms with E-state index in [0.29, 0.717) is 18.9 Å². The van der Waals surface area contributed by atoms with E-state index < -0.39 is 5.79 Å². The minimum Gasteiger partial charge on any atom is -0.513 e. The summed E-state index contributed by atoms with van der Waals surface area (Å²) in [5.74, 6) is -0.351. The maximum Gasteiger partial charge on any atom is 0.187 e. The molecule has 1 fully saturated rings. The summed E-state index contributed by atoms with van der Waals surface area (Å²) in [7, 11) is 0. The quantitative estimate of drug-likeness (QED) is 0.435. The Bertz CT molecular complexity index is 826. The molecule has 0 bridgehead atoms. The zero-order valence-corrected chi connectivity index (χ0v) is 17.8. The second kappa shape index (κ2) is 10.1. The number of hydrogen-bond donors (Lipinski definition) is 1. The van der Waals surface area contributed by atoms with Gasteiger partial charge in [-0.25, -0.2) is 4.98 Å². The van der Waals surface area contributed by atoms with Crippen LogP contribution in [0.1, 0.15) is 38.7 Å². The normalized spacial score (nSPS) is 22.9. The number of aromatic nitrogens is 2. The summed E-state index contributed by atoms with van der Waals surface area (Å²) >= 11 is 6.00. The number of imidazole rings is 1. The molecule has 1 aliphatic heterocycles. The van der Waals surface area contributed by atoms with Gasteiger partial charge in [-0.3, -0.25) is 0 Å². The Labute approximate surface area is 177 Å². The molecule has 3 rings (SSSR count). The topological polar surface area (TPSA) is 56.5 Å². The van der Waals surface area contributed by atoms with Gasteiger partial charge in [0.25, 0.3) is 0 Å². The zero-order chi connectivity index (χ0) is 20.7. The summed E-state index contributed by atoms with van der Waals surface area (Å²) in [5, 5.41) is 10.0. The number of benzene rings is 1. The zero-order valence-electron chi connectivity index (χ0n) is 17.1. The summed E-state index contributed by atoms with van der Waals surface area (Å²) in [6, 6.07) is 7.92. The maximum absolute atomic E-state index is 9.30. The highest BCUT2D eigenvalue weighted by atomic mass is 35.5. The lowest BCUT2D eigenvalue weighted by Crippen LogP contribution is -2.36. The van der Waals surface area contributed by atoms with E-state index in [1.54, 1.807) is 25.5 Å². The smallest absolute Gasteiger partial charge is 0.187 e. The highest BCUT2D eigenvalue weighted by molar-refractivity contribution is 6.30. The van der Waals surface area contributed by atoms with Gasteiger partial charge in [-0.1, -0.05) is 35.4 Å². The van der Waals surface area contributed by atoms with Gasteiger partial charge < -0.3 is 19.1 Å². The van der Waals surface area contributed by atoms with Crippen LogP contribution in [0.5, 0.6) is 0 Å². The van der Waals surface area contributed by atoms with Crippen molar-refractivity contribution in [1.82, 2.24) is 9.55 Å². The second-order valence-electron chi connectivity index (χ2n) is 7.68. The Morgan fingerprint density at radius 3 is 2.79 bits per heavy atom. The average Bonchev–Trinajstić information content (AvgIpc) is 3.35. The number of allylic oxidation sites excluding steroid dienone is 4. The molecule has 1 aliphatic rings. The lowest BCUT2D eigenvalue weighted by Gasteiger charge is -2.29. The summed E-state index contributed by atoms with van der Waals surface area (Å²) in [5.41, 5.74) is 2.41. The number of aryl methyl sites for hydroxylation is 1. The van der Waals surface area contributed by atoms with Crippen molar-refractivity contribution in [2.75, 3.05) is 6.61 Å². The molecule has 2 atom stereocenters. The van der Waals surface area contributed by atoms with Gasteiger partial charge in [0, 0.05) is 23.8 Å². The number of aliphatic hydroxyl groups is 1. The molecule has 1 aromatic carbocycles. The predicted octanol–water partition coefficient (Wildman–Crippen LogP) is 5.47. The van der Waals surface area contributed by atoms with Crippen molar-refractivity contribution < 1.29 is 14.6 Å². The van der Waals surface area contributed by atoms with Crippen LogP contribution in [0.3, 0.4) is 0 Å². The third-order valence-electron chi connectivity index (χ3n) is 5.07. The Hall–Kier alpha value is -2.08. The van der Waals surface area contributed by atoms with E-state index in [1.165, 1.54) is 11.1 Å². The van der Waals surface area contributed by atoms with Crippen molar-refractivity contribution in [2.24, 2.45) is 0 Å². The first-order valence-electron chi connectivity index (χ1n) is 9.99. The third kappa shape index (κ3) is 6.74. The highest BCUT2D eigenvalue weighted by Gasteiger charge is 2.41. The molecular formula is C23H29ClN2O3. The molecule has 0 saturated carbocycles. The lowest BCUT2D eigenvalue weighted by molar-refractivity contribution is -0.182. The van der Waals surface area contributed by atoms with Crippen LogP contribution in [0.4, 0.5) is 0 Å². The van der Waals surface area contributed by atoms with E-state index in [0.717, 1.165) is 30.7 Å². The number of hydrogen-bond acceptors (Lipinski definition) is 4. The van der Waals surface area contributed by atoms with Crippen molar-refractivity contribution in [3.63, 3.8) is 0 Å². The first-order chi connectivity index (χ1) is 13.9. The number of halogens is 1. The molecule has 2 heterocycles. The molecule has 2 aromatic rings. The van der Waals surface area contributed by atoms with Crippen LogP contribution >= 0.6 is 11.6 Å². The summed E-state index contributed by atoms with van der Waals surface area (Å²) in [6.07, 6.45) is 12.6. The first-order valence-corrected chi connectivity index (χ1v) is 10.4. The molecule has 0 radical (unpaired) electrons. The SMILES string of the molecule is C/C(O)=C\C=C(/C)CC[C@@H]1CO[C@@](CCc2ccc(Cl)cc2)(Cn2ccnc2)O1. The number of ether oxygens (including phenoxy) is 2. The van der Waals surface area contributed by atoms with E-state index in [4.69, 9.17) is 21.1 Å². The molecule has 0 amide bonds. The van der Waals surface area contributed by atoms with Gasteiger partial charge in [-0.15, -0.1) is 0 Å². The molecule has 1 N–H and O–H groups in total. The fourth-order valence-electron chi connectivity index (χ4n) is 3.43. The largest absolute Gasteiger partial charge is 0.513 e. The van der Waals surface area contributed by atoms with Crippen molar-refractivity contribution in [3.05, 3.63) is 77.1 Å². The van der Waals surface area contributed by atoms with E-state index >= 15 is 0 Å². The highest BCUT2D eigenvalue weighted by Crippen LogP contribution is 2.33. The fourth-order valence-corrected chi connectivity index (χ4v) is 3.56. The Morgan fingerprint density at radius 1 is 1.31 bits per heavy atom. The molecule has 1 saturated heterocycles. The average molecular weight is 417 g/mol. The van der Waals surface area contributed by atoms with Gasteiger partial charge in [0.05, 0.1) is 31.3 Å². The molecule has 0 aliphatic carbocycles. The molecule has 1 aromatic heterocycles. The van der Waals surface area contributed by atoms with Crippen molar-refractivity contribution in [1.29, 1.82) is 0 Å². The summed E-state index contributed by atoms with van der Waals surface area (Å²) in [6.45, 7) is 4.92. The molecular weight excluding hydrogens is 388 g/mol. The Kier molecular flexibility index (Phi) is 7.53. The monoisotopic (exact) mass is 416 g/mol. The minimum absolute atomic E-state index is 0.0475. The van der Waals surface area contributed by atoms with Crippen LogP contribution in [0.2, 0.25) is 5.02 Å². The van der Waals surface area contributed by atoms with E-state index in [-0.39, 0.29) is 6.10 Å². The molecule has 0 spiro atoms. The van der Waals surface area contributed by atoms with Crippen LogP contribution < -0.4 is 0 Å². The Morgan fingerprint density at radius 2 is 2.10 bits per heavy atom. The van der Waals surface area contributed by atoms with Gasteiger partial charge in [-0.05, 0) is 56.9 Å². The van der Waals surface area contributed by atoms with Crippen molar-refractivity contribution >= 4 is 11.6 Å². The van der Waals surface area contributed by atoms with E-state index in [9.17, 15) is 5.11 Å². The van der Waals surface area contributed by atoms with Crippen LogP contribution in [0.25, 0.3) is 0 Å². The van der Waals surface area contributed by atoms with Gasteiger partial charge >= 0.3 is 0 Å². The summed E-state index contributed by atoms with van der Waals surface area (Å²) < 4.78 is 14.7. The van der Waals surface area contributed by atoms with E-state index in [1.807, 2.05) is 41.1 Å². The van der Waals surface area contributed by atoms with Gasteiger partial charge in [0.1, 0.15) is 0 Å². The van der Waals surface area contributed by atoms with Gasteiger partial charge in [0.2, 0.25) is 0 Å². The van der Waals surface area contributed by atoms with Crippen molar-refractivity contribution in [2.45, 2.75) is 58.0 Å². The maximum atomic E-state index is 9.30. The Balaban J connectivity index is 1.62. The van der Waals surface area contributed by atoms with Crippen LogP contribution in [-0.2, 0) is 22.4 Å². The third-order valence-corrected chi connectivity index (χ3v) is 5.33. The number of nitrogens with zero attached hydrogens (tertiary/aromatic N) is 2.